The maximum Gasteiger partial charge on any atom is 0.274 e. The lowest BCUT2D eigenvalue weighted by molar-refractivity contribution is -0.0256. The van der Waals surface area contributed by atoms with E-state index in [4.69, 9.17) is 11.6 Å². The van der Waals surface area contributed by atoms with Crippen molar-refractivity contribution >= 4 is 33.0 Å². The molecule has 7 heteroatoms. The number of hydrogen-bond acceptors (Lipinski definition) is 4. The first-order valence-corrected chi connectivity index (χ1v) is 5.90. The van der Waals surface area contributed by atoms with Crippen LogP contribution in [0.25, 0.3) is 0 Å². The number of sulfonamides is 1. The zero-order valence-corrected chi connectivity index (χ0v) is 9.41. The van der Waals surface area contributed by atoms with E-state index < -0.39 is 10.0 Å². The van der Waals surface area contributed by atoms with Gasteiger partial charge < -0.3 is 0 Å². The summed E-state index contributed by atoms with van der Waals surface area (Å²) in [5.41, 5.74) is 0. The summed E-state index contributed by atoms with van der Waals surface area (Å²) < 4.78 is 24.4. The average Bonchev–Trinajstić information content (AvgIpc) is 2.50. The average molecular weight is 242 g/mol. The highest BCUT2D eigenvalue weighted by Crippen LogP contribution is 2.27. The van der Waals surface area contributed by atoms with Crippen molar-refractivity contribution in [3.8, 4) is 0 Å². The second-order valence-electron chi connectivity index (χ2n) is 2.16. The first-order valence-electron chi connectivity index (χ1n) is 3.27. The molecule has 0 saturated carbocycles. The third-order valence-electron chi connectivity index (χ3n) is 1.40. The molecule has 1 aromatic heterocycles. The van der Waals surface area contributed by atoms with E-state index in [9.17, 15) is 8.42 Å². The highest BCUT2D eigenvalue weighted by Gasteiger charge is 2.22. The van der Waals surface area contributed by atoms with E-state index in [1.54, 1.807) is 0 Å². The smallest absolute Gasteiger partial charge is 0.274 e. The molecule has 0 aliphatic carbocycles. The molecule has 0 fully saturated rings. The minimum atomic E-state index is -3.52. The molecule has 0 amide bonds. The predicted octanol–water partition coefficient (Wildman–Crippen LogP) is 1.58. The van der Waals surface area contributed by atoms with Crippen LogP contribution in [0.4, 0.5) is 0 Å². The van der Waals surface area contributed by atoms with Crippen LogP contribution in [-0.2, 0) is 14.9 Å². The zero-order chi connectivity index (χ0) is 10.1. The summed E-state index contributed by atoms with van der Waals surface area (Å²) in [6.45, 7) is 0. The molecule has 0 aromatic carbocycles. The molecular weight excluding hydrogens is 234 g/mol. The van der Waals surface area contributed by atoms with E-state index in [2.05, 4.69) is 4.84 Å². The van der Waals surface area contributed by atoms with Crippen molar-refractivity contribution < 1.29 is 13.3 Å². The van der Waals surface area contributed by atoms with Crippen molar-refractivity contribution in [1.29, 1.82) is 0 Å². The van der Waals surface area contributed by atoms with Gasteiger partial charge in [0.1, 0.15) is 4.21 Å². The number of hydroxylamine groups is 1. The van der Waals surface area contributed by atoms with Crippen LogP contribution < -0.4 is 0 Å². The molecule has 0 saturated heterocycles. The second-order valence-corrected chi connectivity index (χ2v) is 6.03. The Kier molecular flexibility index (Phi) is 3.31. The molecule has 0 aliphatic rings. The first kappa shape index (κ1) is 10.9. The van der Waals surface area contributed by atoms with Gasteiger partial charge in [-0.15, -0.1) is 11.3 Å². The summed E-state index contributed by atoms with van der Waals surface area (Å²) in [5.74, 6) is 0. The van der Waals surface area contributed by atoms with E-state index in [1.807, 2.05) is 0 Å². The SMILES string of the molecule is CON(C)S(=O)(=O)c1ccc(Cl)s1. The monoisotopic (exact) mass is 241 g/mol. The van der Waals surface area contributed by atoms with Gasteiger partial charge in [-0.3, -0.25) is 4.84 Å². The molecule has 0 N–H and O–H groups in total. The summed E-state index contributed by atoms with van der Waals surface area (Å²) in [6.07, 6.45) is 0. The predicted molar refractivity (Wildman–Crippen MR) is 51.3 cm³/mol. The Morgan fingerprint density at radius 3 is 2.54 bits per heavy atom. The molecule has 13 heavy (non-hydrogen) atoms. The molecule has 0 unspecified atom stereocenters. The number of thiophene rings is 1. The normalized spacial score (nSPS) is 12.3. The van der Waals surface area contributed by atoms with Gasteiger partial charge in [0.25, 0.3) is 10.0 Å². The van der Waals surface area contributed by atoms with Crippen LogP contribution in [0.1, 0.15) is 0 Å². The molecule has 0 aliphatic heterocycles. The second kappa shape index (κ2) is 3.93. The molecule has 0 bridgehead atoms. The number of nitrogens with zero attached hydrogens (tertiary/aromatic N) is 1. The van der Waals surface area contributed by atoms with Gasteiger partial charge in [0, 0.05) is 7.05 Å². The molecule has 0 atom stereocenters. The quantitative estimate of drug-likeness (QED) is 0.755. The Labute approximate surface area is 85.7 Å². The van der Waals surface area contributed by atoms with Crippen molar-refractivity contribution in [1.82, 2.24) is 4.47 Å². The van der Waals surface area contributed by atoms with Crippen molar-refractivity contribution in [2.24, 2.45) is 0 Å². The Morgan fingerprint density at radius 1 is 1.54 bits per heavy atom. The summed E-state index contributed by atoms with van der Waals surface area (Å²) in [5, 5.41) is 0. The number of hydrogen-bond donors (Lipinski definition) is 0. The van der Waals surface area contributed by atoms with Crippen LogP contribution in [0.5, 0.6) is 0 Å². The lowest BCUT2D eigenvalue weighted by Gasteiger charge is -2.11. The molecule has 1 aromatic rings. The lowest BCUT2D eigenvalue weighted by Crippen LogP contribution is -2.24. The van der Waals surface area contributed by atoms with Gasteiger partial charge >= 0.3 is 0 Å². The minimum absolute atomic E-state index is 0.168. The zero-order valence-electron chi connectivity index (χ0n) is 7.02. The van der Waals surface area contributed by atoms with Gasteiger partial charge in [0.15, 0.2) is 0 Å². The largest absolute Gasteiger partial charge is 0.288 e. The Morgan fingerprint density at radius 2 is 2.15 bits per heavy atom. The Balaban J connectivity index is 3.08. The van der Waals surface area contributed by atoms with E-state index in [-0.39, 0.29) is 4.21 Å². The van der Waals surface area contributed by atoms with Gasteiger partial charge in [0.05, 0.1) is 11.4 Å². The van der Waals surface area contributed by atoms with Gasteiger partial charge in [-0.25, -0.2) is 8.42 Å². The van der Waals surface area contributed by atoms with E-state index in [1.165, 1.54) is 26.3 Å². The fraction of sp³-hybridized carbons (Fsp3) is 0.333. The number of halogens is 1. The summed E-state index contributed by atoms with van der Waals surface area (Å²) in [6, 6.07) is 2.97. The molecule has 1 heterocycles. The highest BCUT2D eigenvalue weighted by molar-refractivity contribution is 7.91. The van der Waals surface area contributed by atoms with E-state index in [0.717, 1.165) is 15.8 Å². The fourth-order valence-corrected chi connectivity index (χ4v) is 3.27. The molecule has 0 spiro atoms. The van der Waals surface area contributed by atoms with Crippen LogP contribution in [0.2, 0.25) is 4.34 Å². The van der Waals surface area contributed by atoms with Crippen LogP contribution in [0, 0.1) is 0 Å². The topological polar surface area (TPSA) is 46.6 Å². The Hall–Kier alpha value is -0.140. The maximum atomic E-state index is 11.5. The van der Waals surface area contributed by atoms with Crippen LogP contribution in [-0.4, -0.2) is 27.0 Å². The van der Waals surface area contributed by atoms with Crippen LogP contribution >= 0.6 is 22.9 Å². The molecule has 4 nitrogen and oxygen atoms in total. The van der Waals surface area contributed by atoms with Crippen molar-refractivity contribution in [2.75, 3.05) is 14.2 Å². The van der Waals surface area contributed by atoms with E-state index >= 15 is 0 Å². The molecule has 0 radical (unpaired) electrons. The van der Waals surface area contributed by atoms with Crippen molar-refractivity contribution in [2.45, 2.75) is 4.21 Å². The van der Waals surface area contributed by atoms with Gasteiger partial charge in [-0.1, -0.05) is 16.1 Å². The molecule has 74 valence electrons. The molecular formula is C6H8ClNO3S2. The summed E-state index contributed by atoms with van der Waals surface area (Å²) >= 11 is 6.60. The maximum absolute atomic E-state index is 11.5. The summed E-state index contributed by atoms with van der Waals surface area (Å²) in [7, 11) is -0.916. The fourth-order valence-electron chi connectivity index (χ4n) is 0.661. The Bertz CT molecular complexity index is 386. The third-order valence-corrected chi connectivity index (χ3v) is 4.78. The third kappa shape index (κ3) is 2.21. The summed E-state index contributed by atoms with van der Waals surface area (Å²) in [4.78, 5) is 4.59. The van der Waals surface area contributed by atoms with Crippen molar-refractivity contribution in [3.63, 3.8) is 0 Å². The first-order chi connectivity index (χ1) is 5.98. The highest BCUT2D eigenvalue weighted by atomic mass is 35.5. The van der Waals surface area contributed by atoms with Gasteiger partial charge in [0.2, 0.25) is 0 Å². The number of rotatable bonds is 3. The molecule has 1 rings (SSSR count). The standard InChI is InChI=1S/C6H8ClNO3S2/c1-8(11-2)13(9,10)6-4-3-5(7)12-6/h3-4H,1-2H3. The van der Waals surface area contributed by atoms with Gasteiger partial charge in [-0.2, -0.15) is 0 Å². The minimum Gasteiger partial charge on any atom is -0.288 e. The van der Waals surface area contributed by atoms with Crippen LogP contribution in [0.3, 0.4) is 0 Å². The van der Waals surface area contributed by atoms with Crippen LogP contribution in [0.15, 0.2) is 16.3 Å². The van der Waals surface area contributed by atoms with Gasteiger partial charge in [-0.05, 0) is 12.1 Å². The van der Waals surface area contributed by atoms with Crippen molar-refractivity contribution in [3.05, 3.63) is 16.5 Å². The lowest BCUT2D eigenvalue weighted by atomic mass is 10.7. The van der Waals surface area contributed by atoms with E-state index in [0.29, 0.717) is 4.34 Å².